The van der Waals surface area contributed by atoms with Crippen LogP contribution in [0.5, 0.6) is 0 Å². The molecule has 5 nitrogen and oxygen atoms in total. The van der Waals surface area contributed by atoms with Gasteiger partial charge in [0.2, 0.25) is 0 Å². The number of aromatic nitrogens is 4. The van der Waals surface area contributed by atoms with E-state index in [2.05, 4.69) is 69.7 Å². The Morgan fingerprint density at radius 1 is 0.696 bits per heavy atom. The number of nitrogens with zero attached hydrogens (tertiary/aromatic N) is 4. The van der Waals surface area contributed by atoms with Gasteiger partial charge in [-0.25, -0.2) is 8.78 Å². The Morgan fingerprint density at radius 3 is 2.12 bits per heavy atom. The minimum Gasteiger partial charge on any atom is 0 e. The van der Waals surface area contributed by atoms with Gasteiger partial charge in [0, 0.05) is 42.3 Å². The van der Waals surface area contributed by atoms with Crippen LogP contribution in [0.1, 0.15) is 36.4 Å². The van der Waals surface area contributed by atoms with Gasteiger partial charge in [-0.15, -0.1) is 18.2 Å². The minimum absolute atomic E-state index is 0. The first-order valence-corrected chi connectivity index (χ1v) is 29.7. The third kappa shape index (κ3) is 9.49. The number of para-hydroxylation sites is 1. The number of furan rings is 1. The van der Waals surface area contributed by atoms with Crippen molar-refractivity contribution in [3.05, 3.63) is 211 Å². The fraction of sp³-hybridized carbons (Fsp3) is 0.117. The van der Waals surface area contributed by atoms with Gasteiger partial charge in [-0.2, -0.15) is 0 Å². The van der Waals surface area contributed by atoms with E-state index < -0.39 is 26.0 Å². The Kier molecular flexibility index (Phi) is 12.0. The van der Waals surface area contributed by atoms with E-state index >= 15 is 4.39 Å². The summed E-state index contributed by atoms with van der Waals surface area (Å²) in [5.41, 5.74) is 11.6. The van der Waals surface area contributed by atoms with Crippen LogP contribution in [0, 0.1) is 30.6 Å². The van der Waals surface area contributed by atoms with Gasteiger partial charge in [0.1, 0.15) is 17.2 Å². The summed E-state index contributed by atoms with van der Waals surface area (Å²) in [5.74, 6) is 5.98. The molecule has 0 bridgehead atoms. The van der Waals surface area contributed by atoms with E-state index in [4.69, 9.17) is 14.9 Å². The largest absolute Gasteiger partial charge is 0 e. The number of fused-ring (bicyclic) bond motifs is 4. The van der Waals surface area contributed by atoms with Crippen molar-refractivity contribution < 1.29 is 38.8 Å². The van der Waals surface area contributed by atoms with Gasteiger partial charge >= 0.3 is 131 Å². The van der Waals surface area contributed by atoms with Crippen LogP contribution in [0.2, 0.25) is 17.3 Å². The van der Waals surface area contributed by atoms with Gasteiger partial charge in [0.05, 0.1) is 34.3 Å². The van der Waals surface area contributed by atoms with Crippen LogP contribution in [-0.2, 0) is 20.1 Å². The van der Waals surface area contributed by atoms with Crippen LogP contribution in [0.3, 0.4) is 0 Å². The van der Waals surface area contributed by atoms with Crippen LogP contribution in [0.25, 0.3) is 94.8 Å². The van der Waals surface area contributed by atoms with Gasteiger partial charge in [0.25, 0.3) is 0 Å². The average molecular weight is 1150 g/mol. The van der Waals surface area contributed by atoms with E-state index in [-0.39, 0.29) is 37.3 Å². The summed E-state index contributed by atoms with van der Waals surface area (Å²) >= 11 is -2.14. The van der Waals surface area contributed by atoms with Crippen molar-refractivity contribution in [3.63, 3.8) is 0 Å². The van der Waals surface area contributed by atoms with E-state index in [0.717, 1.165) is 61.1 Å². The molecule has 0 amide bonds. The summed E-state index contributed by atoms with van der Waals surface area (Å²) in [5, 5.41) is 1.68. The molecule has 0 fully saturated rings. The number of halogens is 2. The predicted octanol–water partition coefficient (Wildman–Crippen LogP) is 15.6. The number of imidazole rings is 1. The van der Waals surface area contributed by atoms with Crippen molar-refractivity contribution in [2.45, 2.75) is 43.9 Å². The topological polar surface area (TPSA) is 56.7 Å². The van der Waals surface area contributed by atoms with Gasteiger partial charge in [0.15, 0.2) is 0 Å². The molecule has 0 saturated heterocycles. The van der Waals surface area contributed by atoms with Crippen LogP contribution in [-0.4, -0.2) is 32.8 Å². The summed E-state index contributed by atoms with van der Waals surface area (Å²) in [6.07, 6.45) is 3.59. The number of pyridine rings is 2. The summed E-state index contributed by atoms with van der Waals surface area (Å²) in [6, 6.07) is 56.6. The molecule has 0 N–H and O–H groups in total. The van der Waals surface area contributed by atoms with Crippen molar-refractivity contribution in [2.24, 2.45) is 0 Å². The Morgan fingerprint density at radius 2 is 1.42 bits per heavy atom. The van der Waals surface area contributed by atoms with E-state index in [1.54, 1.807) is 36.5 Å². The van der Waals surface area contributed by atoms with Crippen molar-refractivity contribution in [2.75, 3.05) is 0 Å². The first kappa shape index (κ1) is 42.3. The zero-order chi connectivity index (χ0) is 50.5. The van der Waals surface area contributed by atoms with Crippen molar-refractivity contribution in [3.8, 4) is 61.8 Å². The first-order chi connectivity index (χ1) is 34.4. The molecule has 0 aliphatic heterocycles. The molecule has 0 atom stereocenters. The number of aryl methyl sites for hydroxylation is 1. The second-order valence-electron chi connectivity index (χ2n) is 18.0. The van der Waals surface area contributed by atoms with E-state index in [9.17, 15) is 4.39 Å². The molecular formula is C60H48F2GeIrN4O-2. The molecule has 4 heterocycles. The summed E-state index contributed by atoms with van der Waals surface area (Å²) in [7, 11) is 0. The zero-order valence-electron chi connectivity index (χ0n) is 42.5. The fourth-order valence-electron chi connectivity index (χ4n) is 8.67. The number of benzene rings is 7. The van der Waals surface area contributed by atoms with Gasteiger partial charge in [-0.05, 0) is 65.2 Å². The molecule has 9 heteroatoms. The Bertz CT molecular complexity index is 3780. The Labute approximate surface area is 423 Å². The quantitative estimate of drug-likeness (QED) is 0.112. The van der Waals surface area contributed by atoms with Crippen molar-refractivity contribution >= 4 is 50.6 Å². The molecular weight excluding hydrogens is 1100 g/mol. The molecule has 11 rings (SSSR count). The SMILES string of the molecule is Fc1ccc(-c2cc3c(cn2)oc2c(-c4nc5cccc(F)c5n4-c4cc(-c5ccccc5)ccc4-c4ccccc4)[c-]ccc23)cc1.[2H]C([2H])([2H])c1c[c-]c(-c2cc(C([2H])(C)C)[c]([Ge]([CH3])([CH3])[CH3])cn2)cc1.[Ir]. The molecule has 69 heavy (non-hydrogen) atoms. The zero-order valence-corrected chi connectivity index (χ0v) is 43.0. The van der Waals surface area contributed by atoms with Crippen molar-refractivity contribution in [1.82, 2.24) is 19.5 Å². The van der Waals surface area contributed by atoms with E-state index in [0.29, 0.717) is 39.3 Å². The maximum absolute atomic E-state index is 16.0. The third-order valence-electron chi connectivity index (χ3n) is 12.1. The minimum atomic E-state index is -2.14. The Balaban J connectivity index is 0.000000223. The molecule has 343 valence electrons. The molecule has 0 spiro atoms. The average Bonchev–Trinajstić information content (AvgIpc) is 3.96. The molecule has 0 aliphatic rings. The van der Waals surface area contributed by atoms with Crippen LogP contribution >= 0.6 is 0 Å². The Hall–Kier alpha value is -6.84. The molecule has 11 aromatic rings. The van der Waals surface area contributed by atoms with Gasteiger partial charge in [-0.3, -0.25) is 9.97 Å². The maximum Gasteiger partial charge on any atom is 0 e. The van der Waals surface area contributed by atoms with Gasteiger partial charge in [-0.1, -0.05) is 89.8 Å². The monoisotopic (exact) mass is 1150 g/mol. The smallest absolute Gasteiger partial charge is 0 e. The van der Waals surface area contributed by atoms with Crippen LogP contribution in [0.4, 0.5) is 8.78 Å². The number of hydrogen-bond acceptors (Lipinski definition) is 4. The molecule has 7 aromatic carbocycles. The predicted molar refractivity (Wildman–Crippen MR) is 277 cm³/mol. The maximum atomic E-state index is 16.0. The fourth-order valence-corrected chi connectivity index (χ4v) is 12.0. The molecule has 4 aromatic heterocycles. The van der Waals surface area contributed by atoms with Crippen molar-refractivity contribution in [1.29, 1.82) is 0 Å². The first-order valence-electron chi connectivity index (χ1n) is 24.4. The van der Waals surface area contributed by atoms with E-state index in [1.165, 1.54) is 28.7 Å². The molecule has 1 radical (unpaired) electrons. The van der Waals surface area contributed by atoms with E-state index in [1.807, 2.05) is 103 Å². The second-order valence-corrected chi connectivity index (χ2v) is 28.5. The normalized spacial score (nSPS) is 12.7. The summed E-state index contributed by atoms with van der Waals surface area (Å²) < 4.78 is 70.0. The molecule has 0 unspecified atom stereocenters. The van der Waals surface area contributed by atoms with Crippen LogP contribution in [0.15, 0.2) is 181 Å². The third-order valence-corrected chi connectivity index (χ3v) is 16.3. The number of hydrogen-bond donors (Lipinski definition) is 0. The second kappa shape index (κ2) is 19.6. The molecule has 0 saturated carbocycles. The summed E-state index contributed by atoms with van der Waals surface area (Å²) in [6.45, 7) is 1.66. The van der Waals surface area contributed by atoms with Gasteiger partial charge < -0.3 is 8.98 Å². The number of rotatable bonds is 8. The summed E-state index contributed by atoms with van der Waals surface area (Å²) in [4.78, 5) is 14.2. The van der Waals surface area contributed by atoms with Crippen LogP contribution < -0.4 is 4.40 Å². The standard InChI is InChI=1S/C42H24F2N3O.C18H24GeN.Ir/c43-30-20-17-28(18-21-30)37-24-34-32-13-7-14-33(41(32)48-39(34)25-45-37)42-46-36-16-8-15-35(44)40(36)47(42)38-23-29(26-9-3-1-4-10-26)19-22-31(38)27-11-5-2-6-12-27;1-13(2)16-11-18(15-9-7-14(3)8-10-15)20-12-17(16)19(4,5)6;/h1-13,15-25H;7-9,11-13H,1-6H3;/q2*-1;/i;3D3,13D;. The molecule has 0 aliphatic carbocycles.